The molecule has 39 heavy (non-hydrogen) atoms. The van der Waals surface area contributed by atoms with Gasteiger partial charge in [0.15, 0.2) is 0 Å². The first-order valence-corrected chi connectivity index (χ1v) is 14.0. The van der Waals surface area contributed by atoms with Gasteiger partial charge in [-0.25, -0.2) is 0 Å². The first-order chi connectivity index (χ1) is 19.3. The van der Waals surface area contributed by atoms with Crippen molar-refractivity contribution in [3.8, 4) is 22.3 Å². The van der Waals surface area contributed by atoms with Gasteiger partial charge in [-0.05, 0) is 88.1 Å². The maximum Gasteiger partial charge on any atom is -0.00201 e. The van der Waals surface area contributed by atoms with E-state index in [1.807, 2.05) is 0 Å². The molecule has 8 aromatic rings. The third-order valence-electron chi connectivity index (χ3n) is 8.51. The minimum Gasteiger partial charge on any atom is -0.0651 e. The predicted molar refractivity (Wildman–Crippen MR) is 170 cm³/mol. The van der Waals surface area contributed by atoms with Crippen LogP contribution in [0.15, 0.2) is 127 Å². The van der Waals surface area contributed by atoms with Crippen LogP contribution in [0.5, 0.6) is 0 Å². The summed E-state index contributed by atoms with van der Waals surface area (Å²) in [5, 5.41) is 13.2. The van der Waals surface area contributed by atoms with Crippen molar-refractivity contribution in [1.82, 2.24) is 0 Å². The van der Waals surface area contributed by atoms with Gasteiger partial charge >= 0.3 is 0 Å². The molecule has 0 N–H and O–H groups in total. The highest BCUT2D eigenvalue weighted by atomic mass is 14.2. The van der Waals surface area contributed by atoms with Gasteiger partial charge in [0.2, 0.25) is 0 Å². The molecule has 184 valence electrons. The highest BCUT2D eigenvalue weighted by Gasteiger charge is 2.19. The molecular weight excluding hydrogens is 468 g/mol. The molecule has 0 aromatic heterocycles. The summed E-state index contributed by atoms with van der Waals surface area (Å²) in [6.45, 7) is 2.24. The molecule has 0 nitrogen and oxygen atoms in total. The van der Waals surface area contributed by atoms with Gasteiger partial charge in [-0.1, -0.05) is 141 Å². The largest absolute Gasteiger partial charge is 0.0651 e. The van der Waals surface area contributed by atoms with Gasteiger partial charge in [0.1, 0.15) is 0 Å². The Kier molecular flexibility index (Phi) is 4.97. The molecule has 0 atom stereocenters. The van der Waals surface area contributed by atoms with E-state index in [-0.39, 0.29) is 0 Å². The molecule has 0 radical (unpaired) electrons. The smallest absolute Gasteiger partial charge is 0.00201 e. The predicted octanol–water partition coefficient (Wildman–Crippen LogP) is 11.2. The fourth-order valence-corrected chi connectivity index (χ4v) is 6.81. The standard InChI is InChI=1S/C39H28/c1-2-8-25-15-17-28(18-16-25)37-30-11-3-5-13-32(30)39(33-14-6-4-12-31(33)37)35-24-22-29-20-19-26-9-7-10-27-21-23-34(35)38(29)36(26)27/h3-7,9-24H,2,8H2,1H3. The van der Waals surface area contributed by atoms with Gasteiger partial charge in [-0.3, -0.25) is 0 Å². The number of rotatable bonds is 4. The van der Waals surface area contributed by atoms with E-state index in [1.165, 1.54) is 88.1 Å². The fraction of sp³-hybridized carbons (Fsp3) is 0.0769. The van der Waals surface area contributed by atoms with Crippen molar-refractivity contribution in [2.24, 2.45) is 0 Å². The highest BCUT2D eigenvalue weighted by Crippen LogP contribution is 2.47. The van der Waals surface area contributed by atoms with E-state index in [1.54, 1.807) is 0 Å². The first-order valence-electron chi connectivity index (χ1n) is 14.0. The number of aryl methyl sites for hydroxylation is 1. The summed E-state index contributed by atoms with van der Waals surface area (Å²) in [5.74, 6) is 0. The van der Waals surface area contributed by atoms with Crippen molar-refractivity contribution in [1.29, 1.82) is 0 Å². The molecule has 0 aliphatic heterocycles. The van der Waals surface area contributed by atoms with Gasteiger partial charge < -0.3 is 0 Å². The summed E-state index contributed by atoms with van der Waals surface area (Å²) < 4.78 is 0. The Balaban J connectivity index is 1.50. The average molecular weight is 497 g/mol. The topological polar surface area (TPSA) is 0 Å². The van der Waals surface area contributed by atoms with Gasteiger partial charge in [0, 0.05) is 0 Å². The number of fused-ring (bicyclic) bond motifs is 2. The lowest BCUT2D eigenvalue weighted by Crippen LogP contribution is -1.93. The van der Waals surface area contributed by atoms with Gasteiger partial charge in [-0.15, -0.1) is 0 Å². The van der Waals surface area contributed by atoms with Crippen molar-refractivity contribution in [2.45, 2.75) is 19.8 Å². The van der Waals surface area contributed by atoms with Crippen LogP contribution in [0.25, 0.3) is 76.1 Å². The van der Waals surface area contributed by atoms with Crippen LogP contribution in [0.1, 0.15) is 18.9 Å². The Morgan fingerprint density at radius 1 is 0.410 bits per heavy atom. The number of hydrogen-bond donors (Lipinski definition) is 0. The number of hydrogen-bond acceptors (Lipinski definition) is 0. The Labute approximate surface area is 228 Å². The summed E-state index contributed by atoms with van der Waals surface area (Å²) in [6.07, 6.45) is 2.29. The monoisotopic (exact) mass is 496 g/mol. The van der Waals surface area contributed by atoms with E-state index < -0.39 is 0 Å². The molecule has 8 aromatic carbocycles. The fourth-order valence-electron chi connectivity index (χ4n) is 6.81. The highest BCUT2D eigenvalue weighted by molar-refractivity contribution is 6.29. The van der Waals surface area contributed by atoms with Crippen LogP contribution < -0.4 is 0 Å². The van der Waals surface area contributed by atoms with Crippen LogP contribution in [-0.2, 0) is 6.42 Å². The molecule has 0 spiro atoms. The molecule has 0 amide bonds. The molecule has 0 fully saturated rings. The maximum absolute atomic E-state index is 2.34. The third-order valence-corrected chi connectivity index (χ3v) is 8.51. The van der Waals surface area contributed by atoms with Gasteiger partial charge in [0.05, 0.1) is 0 Å². The first kappa shape index (κ1) is 22.3. The van der Waals surface area contributed by atoms with Crippen LogP contribution in [0, 0.1) is 0 Å². The van der Waals surface area contributed by atoms with Crippen molar-refractivity contribution in [3.05, 3.63) is 133 Å². The van der Waals surface area contributed by atoms with E-state index >= 15 is 0 Å². The molecule has 0 bridgehead atoms. The normalized spacial score (nSPS) is 11.9. The summed E-state index contributed by atoms with van der Waals surface area (Å²) >= 11 is 0. The second kappa shape index (κ2) is 8.68. The third kappa shape index (κ3) is 3.31. The van der Waals surface area contributed by atoms with Crippen molar-refractivity contribution in [3.63, 3.8) is 0 Å². The molecule has 0 saturated heterocycles. The molecule has 0 saturated carbocycles. The molecule has 0 aliphatic carbocycles. The summed E-state index contributed by atoms with van der Waals surface area (Å²) in [7, 11) is 0. The second-order valence-corrected chi connectivity index (χ2v) is 10.8. The van der Waals surface area contributed by atoms with Crippen molar-refractivity contribution in [2.75, 3.05) is 0 Å². The minimum atomic E-state index is 1.12. The van der Waals surface area contributed by atoms with Crippen LogP contribution >= 0.6 is 0 Å². The molecule has 0 unspecified atom stereocenters. The molecular formula is C39H28. The number of benzene rings is 8. The zero-order chi connectivity index (χ0) is 25.9. The van der Waals surface area contributed by atoms with E-state index in [4.69, 9.17) is 0 Å². The average Bonchev–Trinajstić information content (AvgIpc) is 2.99. The SMILES string of the molecule is CCCc1ccc(-c2c3ccccc3c(-c3ccc4ccc5cccc6ccc3c4c56)c3ccccc23)cc1. The van der Waals surface area contributed by atoms with Crippen molar-refractivity contribution >= 4 is 53.9 Å². The van der Waals surface area contributed by atoms with E-state index in [0.29, 0.717) is 0 Å². The summed E-state index contributed by atoms with van der Waals surface area (Å²) in [5.41, 5.74) is 6.64. The summed E-state index contributed by atoms with van der Waals surface area (Å²) in [6, 6.07) is 47.6. The lowest BCUT2D eigenvalue weighted by atomic mass is 9.83. The zero-order valence-electron chi connectivity index (χ0n) is 22.0. The Morgan fingerprint density at radius 2 is 0.949 bits per heavy atom. The second-order valence-electron chi connectivity index (χ2n) is 10.8. The van der Waals surface area contributed by atoms with Gasteiger partial charge in [-0.2, -0.15) is 0 Å². The quantitative estimate of drug-likeness (QED) is 0.168. The van der Waals surface area contributed by atoms with Crippen LogP contribution in [0.3, 0.4) is 0 Å². The van der Waals surface area contributed by atoms with Crippen LogP contribution in [0.2, 0.25) is 0 Å². The lowest BCUT2D eigenvalue weighted by molar-refractivity contribution is 0.922. The Hall–Kier alpha value is -4.68. The molecule has 0 heterocycles. The van der Waals surface area contributed by atoms with Crippen molar-refractivity contribution < 1.29 is 0 Å². The van der Waals surface area contributed by atoms with Gasteiger partial charge in [0.25, 0.3) is 0 Å². The zero-order valence-corrected chi connectivity index (χ0v) is 22.0. The Morgan fingerprint density at radius 3 is 1.56 bits per heavy atom. The molecule has 0 aliphatic rings. The molecule has 0 heteroatoms. The lowest BCUT2D eigenvalue weighted by Gasteiger charge is -2.20. The Bertz CT molecular complexity index is 2090. The van der Waals surface area contributed by atoms with E-state index in [2.05, 4.69) is 134 Å². The molecule has 8 rings (SSSR count). The van der Waals surface area contributed by atoms with Crippen LogP contribution in [0.4, 0.5) is 0 Å². The van der Waals surface area contributed by atoms with E-state index in [9.17, 15) is 0 Å². The van der Waals surface area contributed by atoms with Crippen LogP contribution in [-0.4, -0.2) is 0 Å². The summed E-state index contributed by atoms with van der Waals surface area (Å²) in [4.78, 5) is 0. The van der Waals surface area contributed by atoms with E-state index in [0.717, 1.165) is 6.42 Å². The maximum atomic E-state index is 2.34. The minimum absolute atomic E-state index is 1.12.